The van der Waals surface area contributed by atoms with Crippen LogP contribution in [0.15, 0.2) is 47.4 Å². The third kappa shape index (κ3) is 2.80. The fourth-order valence-electron chi connectivity index (χ4n) is 1.85. The van der Waals surface area contributed by atoms with Gasteiger partial charge < -0.3 is 4.57 Å². The Kier molecular flexibility index (Phi) is 3.74. The van der Waals surface area contributed by atoms with Gasteiger partial charge in [-0.3, -0.25) is 19.7 Å². The lowest BCUT2D eigenvalue weighted by atomic mass is 10.1. The van der Waals surface area contributed by atoms with Crippen LogP contribution in [0, 0.1) is 17.0 Å². The van der Waals surface area contributed by atoms with Crippen LogP contribution in [0.5, 0.6) is 0 Å². The van der Waals surface area contributed by atoms with Crippen molar-refractivity contribution in [3.05, 3.63) is 74.2 Å². The molecule has 2 aromatic rings. The van der Waals surface area contributed by atoms with Crippen molar-refractivity contribution < 1.29 is 9.72 Å². The van der Waals surface area contributed by atoms with Crippen LogP contribution in [0.1, 0.15) is 15.9 Å². The molecule has 0 radical (unpaired) electrons. The molecule has 0 aliphatic heterocycles. The van der Waals surface area contributed by atoms with Gasteiger partial charge in [0.1, 0.15) is 0 Å². The third-order valence-corrected chi connectivity index (χ3v) is 2.87. The number of carbonyl (C=O) groups is 1. The van der Waals surface area contributed by atoms with Crippen LogP contribution in [0.25, 0.3) is 0 Å². The van der Waals surface area contributed by atoms with Crippen molar-refractivity contribution in [3.63, 3.8) is 0 Å². The molecule has 0 bridgehead atoms. The van der Waals surface area contributed by atoms with E-state index in [1.165, 1.54) is 13.0 Å². The van der Waals surface area contributed by atoms with Crippen LogP contribution in [0.2, 0.25) is 0 Å². The summed E-state index contributed by atoms with van der Waals surface area (Å²) in [4.78, 5) is 34.1. The van der Waals surface area contributed by atoms with Gasteiger partial charge >= 0.3 is 0 Å². The maximum absolute atomic E-state index is 12.0. The number of carbonyl (C=O) groups excluding carboxylic acids is 1. The average molecular weight is 272 g/mol. The molecule has 0 atom stereocenters. The highest BCUT2D eigenvalue weighted by molar-refractivity contribution is 5.95. The summed E-state index contributed by atoms with van der Waals surface area (Å²) in [5.41, 5.74) is 0.0893. The first kappa shape index (κ1) is 13.7. The molecule has 0 amide bonds. The standard InChI is InChI=1S/C14H12N2O4/c1-10-7-12(16(19)20)8-15(14(10)18)9-13(17)11-5-3-2-4-6-11/h2-8H,9H2,1H3. The normalized spacial score (nSPS) is 10.2. The predicted molar refractivity (Wildman–Crippen MR) is 72.9 cm³/mol. The second-order valence-electron chi connectivity index (χ2n) is 4.36. The average Bonchev–Trinajstić information content (AvgIpc) is 2.44. The number of aromatic nitrogens is 1. The molecule has 0 N–H and O–H groups in total. The quantitative estimate of drug-likeness (QED) is 0.484. The minimum atomic E-state index is -0.587. The van der Waals surface area contributed by atoms with Gasteiger partial charge in [0.25, 0.3) is 11.2 Å². The first-order chi connectivity index (χ1) is 9.49. The molecule has 6 heteroatoms. The Bertz CT molecular complexity index is 720. The zero-order valence-corrected chi connectivity index (χ0v) is 10.8. The summed E-state index contributed by atoms with van der Waals surface area (Å²) < 4.78 is 1.07. The van der Waals surface area contributed by atoms with Crippen LogP contribution in [-0.4, -0.2) is 15.3 Å². The lowest BCUT2D eigenvalue weighted by molar-refractivity contribution is -0.385. The van der Waals surface area contributed by atoms with Crippen molar-refractivity contribution >= 4 is 11.5 Å². The first-order valence-electron chi connectivity index (χ1n) is 5.93. The number of hydrogen-bond donors (Lipinski definition) is 0. The molecule has 0 saturated carbocycles. The fourth-order valence-corrected chi connectivity index (χ4v) is 1.85. The number of rotatable bonds is 4. The molecule has 0 spiro atoms. The van der Waals surface area contributed by atoms with E-state index in [0.29, 0.717) is 5.56 Å². The summed E-state index contributed by atoms with van der Waals surface area (Å²) in [5.74, 6) is -0.271. The summed E-state index contributed by atoms with van der Waals surface area (Å²) in [6.07, 6.45) is 1.09. The van der Waals surface area contributed by atoms with Crippen molar-refractivity contribution in [2.75, 3.05) is 0 Å². The van der Waals surface area contributed by atoms with E-state index < -0.39 is 10.5 Å². The molecular formula is C14H12N2O4. The number of pyridine rings is 1. The lowest BCUT2D eigenvalue weighted by Gasteiger charge is -2.06. The SMILES string of the molecule is Cc1cc([N+](=O)[O-])cn(CC(=O)c2ccccc2)c1=O. The van der Waals surface area contributed by atoms with E-state index >= 15 is 0 Å². The van der Waals surface area contributed by atoms with E-state index in [1.54, 1.807) is 30.3 Å². The monoisotopic (exact) mass is 272 g/mol. The largest absolute Gasteiger partial charge is 0.301 e. The first-order valence-corrected chi connectivity index (χ1v) is 5.93. The number of hydrogen-bond acceptors (Lipinski definition) is 4. The van der Waals surface area contributed by atoms with E-state index in [4.69, 9.17) is 0 Å². The summed E-state index contributed by atoms with van der Waals surface area (Å²) >= 11 is 0. The summed E-state index contributed by atoms with van der Waals surface area (Å²) in [7, 11) is 0. The summed E-state index contributed by atoms with van der Waals surface area (Å²) in [5, 5.41) is 10.8. The number of Topliss-reactive ketones (excluding diaryl/α,β-unsaturated/α-hetero) is 1. The second kappa shape index (κ2) is 5.48. The Morgan fingerprint density at radius 3 is 2.55 bits per heavy atom. The fraction of sp³-hybridized carbons (Fsp3) is 0.143. The molecule has 20 heavy (non-hydrogen) atoms. The molecule has 2 rings (SSSR count). The Labute approximate surface area is 114 Å². The number of nitro groups is 1. The Morgan fingerprint density at radius 1 is 1.30 bits per heavy atom. The van der Waals surface area contributed by atoms with E-state index in [9.17, 15) is 19.7 Å². The Balaban J connectivity index is 2.37. The van der Waals surface area contributed by atoms with Crippen molar-refractivity contribution in [2.24, 2.45) is 0 Å². The minimum absolute atomic E-state index is 0.206. The van der Waals surface area contributed by atoms with Crippen molar-refractivity contribution in [1.82, 2.24) is 4.57 Å². The number of aryl methyl sites for hydroxylation is 1. The van der Waals surface area contributed by atoms with Gasteiger partial charge in [0.05, 0.1) is 17.7 Å². The van der Waals surface area contributed by atoms with E-state index in [2.05, 4.69) is 0 Å². The molecule has 102 valence electrons. The van der Waals surface area contributed by atoms with Crippen molar-refractivity contribution in [2.45, 2.75) is 13.5 Å². The van der Waals surface area contributed by atoms with Crippen LogP contribution >= 0.6 is 0 Å². The topological polar surface area (TPSA) is 82.2 Å². The van der Waals surface area contributed by atoms with Gasteiger partial charge in [-0.2, -0.15) is 0 Å². The highest BCUT2D eigenvalue weighted by atomic mass is 16.6. The summed E-state index contributed by atoms with van der Waals surface area (Å²) in [6.45, 7) is 1.27. The molecule has 0 saturated heterocycles. The summed E-state index contributed by atoms with van der Waals surface area (Å²) in [6, 6.07) is 9.69. The van der Waals surface area contributed by atoms with Gasteiger partial charge in [-0.15, -0.1) is 0 Å². The molecule has 1 aromatic carbocycles. The molecule has 0 unspecified atom stereocenters. The maximum atomic E-state index is 12.0. The smallest absolute Gasteiger partial charge is 0.286 e. The molecule has 1 heterocycles. The van der Waals surface area contributed by atoms with Gasteiger partial charge in [0.2, 0.25) is 0 Å². The highest BCUT2D eigenvalue weighted by Crippen LogP contribution is 2.10. The second-order valence-corrected chi connectivity index (χ2v) is 4.36. The Morgan fingerprint density at radius 2 is 1.95 bits per heavy atom. The van der Waals surface area contributed by atoms with Gasteiger partial charge in [-0.05, 0) is 6.92 Å². The molecular weight excluding hydrogens is 260 g/mol. The zero-order valence-electron chi connectivity index (χ0n) is 10.8. The van der Waals surface area contributed by atoms with Gasteiger partial charge in [-0.1, -0.05) is 30.3 Å². The number of nitrogens with zero attached hydrogens (tertiary/aromatic N) is 2. The van der Waals surface area contributed by atoms with Crippen molar-refractivity contribution in [3.8, 4) is 0 Å². The van der Waals surface area contributed by atoms with Gasteiger partial charge in [-0.25, -0.2) is 0 Å². The minimum Gasteiger partial charge on any atom is -0.301 e. The lowest BCUT2D eigenvalue weighted by Crippen LogP contribution is -2.25. The van der Waals surface area contributed by atoms with Gasteiger partial charge in [0, 0.05) is 17.2 Å². The molecule has 0 fully saturated rings. The van der Waals surface area contributed by atoms with Crippen LogP contribution < -0.4 is 5.56 Å². The Hall–Kier alpha value is -2.76. The number of benzene rings is 1. The van der Waals surface area contributed by atoms with Crippen LogP contribution in [0.4, 0.5) is 5.69 Å². The van der Waals surface area contributed by atoms with Crippen LogP contribution in [-0.2, 0) is 6.54 Å². The highest BCUT2D eigenvalue weighted by Gasteiger charge is 2.14. The van der Waals surface area contributed by atoms with Gasteiger partial charge in [0.15, 0.2) is 5.78 Å². The number of ketones is 1. The van der Waals surface area contributed by atoms with Crippen LogP contribution in [0.3, 0.4) is 0 Å². The molecule has 0 aliphatic rings. The molecule has 1 aromatic heterocycles. The van der Waals surface area contributed by atoms with E-state index in [-0.39, 0.29) is 23.6 Å². The van der Waals surface area contributed by atoms with E-state index in [0.717, 1.165) is 10.8 Å². The third-order valence-electron chi connectivity index (χ3n) is 2.87. The predicted octanol–water partition coefficient (Wildman–Crippen LogP) is 1.95. The zero-order chi connectivity index (χ0) is 14.7. The molecule has 6 nitrogen and oxygen atoms in total. The molecule has 0 aliphatic carbocycles. The maximum Gasteiger partial charge on any atom is 0.286 e. The van der Waals surface area contributed by atoms with E-state index in [1.807, 2.05) is 0 Å². The van der Waals surface area contributed by atoms with Crippen molar-refractivity contribution in [1.29, 1.82) is 0 Å².